The van der Waals surface area contributed by atoms with Crippen LogP contribution in [0.3, 0.4) is 0 Å². The molecule has 0 aliphatic carbocycles. The van der Waals surface area contributed by atoms with Gasteiger partial charge in [-0.25, -0.2) is 0 Å². The first-order chi connectivity index (χ1) is 8.77. The molecule has 0 amide bonds. The molecule has 2 heteroatoms. The van der Waals surface area contributed by atoms with E-state index in [0.29, 0.717) is 6.04 Å². The molecule has 0 spiro atoms. The SMILES string of the molecule is CCCCCCCCCCCCSCCC(C)N. The second kappa shape index (κ2) is 15.4. The van der Waals surface area contributed by atoms with Crippen LogP contribution in [0.4, 0.5) is 0 Å². The van der Waals surface area contributed by atoms with Gasteiger partial charge in [0.15, 0.2) is 0 Å². The van der Waals surface area contributed by atoms with Gasteiger partial charge in [0, 0.05) is 6.04 Å². The van der Waals surface area contributed by atoms with E-state index < -0.39 is 0 Å². The molecule has 0 saturated heterocycles. The highest BCUT2D eigenvalue weighted by Gasteiger charge is 1.95. The Bertz CT molecular complexity index is 148. The summed E-state index contributed by atoms with van der Waals surface area (Å²) in [6.07, 6.45) is 15.5. The predicted octanol–water partition coefficient (Wildman–Crippen LogP) is 5.38. The molecule has 2 N–H and O–H groups in total. The van der Waals surface area contributed by atoms with Crippen LogP contribution in [0, 0.1) is 0 Å². The summed E-state index contributed by atoms with van der Waals surface area (Å²) in [5, 5.41) is 0. The lowest BCUT2D eigenvalue weighted by Gasteiger charge is -2.05. The van der Waals surface area contributed by atoms with Crippen LogP contribution in [0.1, 0.15) is 84.5 Å². The Kier molecular flexibility index (Phi) is 15.6. The van der Waals surface area contributed by atoms with Crippen LogP contribution in [0.5, 0.6) is 0 Å². The maximum Gasteiger partial charge on any atom is 0.00183 e. The summed E-state index contributed by atoms with van der Waals surface area (Å²) >= 11 is 2.08. The molecule has 0 rings (SSSR count). The molecule has 18 heavy (non-hydrogen) atoms. The van der Waals surface area contributed by atoms with Gasteiger partial charge in [0.05, 0.1) is 0 Å². The molecule has 0 aromatic rings. The van der Waals surface area contributed by atoms with Crippen molar-refractivity contribution in [3.63, 3.8) is 0 Å². The van der Waals surface area contributed by atoms with Crippen LogP contribution >= 0.6 is 11.8 Å². The Balaban J connectivity index is 2.90. The van der Waals surface area contributed by atoms with Crippen molar-refractivity contribution in [1.82, 2.24) is 0 Å². The molecule has 0 aliphatic heterocycles. The zero-order valence-electron chi connectivity index (χ0n) is 12.8. The highest BCUT2D eigenvalue weighted by atomic mass is 32.2. The molecule has 0 bridgehead atoms. The van der Waals surface area contributed by atoms with Crippen molar-refractivity contribution in [2.45, 2.75) is 90.5 Å². The molecule has 1 atom stereocenters. The van der Waals surface area contributed by atoms with Crippen molar-refractivity contribution in [2.75, 3.05) is 11.5 Å². The molecular formula is C16H35NS. The van der Waals surface area contributed by atoms with Gasteiger partial charge < -0.3 is 5.73 Å². The van der Waals surface area contributed by atoms with E-state index >= 15 is 0 Å². The third-order valence-electron chi connectivity index (χ3n) is 3.36. The lowest BCUT2D eigenvalue weighted by Crippen LogP contribution is -2.15. The van der Waals surface area contributed by atoms with Gasteiger partial charge in [-0.15, -0.1) is 0 Å². The van der Waals surface area contributed by atoms with E-state index in [2.05, 4.69) is 25.6 Å². The molecule has 0 heterocycles. The van der Waals surface area contributed by atoms with E-state index in [4.69, 9.17) is 5.73 Å². The normalized spacial score (nSPS) is 12.8. The Labute approximate surface area is 120 Å². The van der Waals surface area contributed by atoms with E-state index in [0.717, 1.165) is 0 Å². The van der Waals surface area contributed by atoms with E-state index in [1.165, 1.54) is 82.1 Å². The number of hydrogen-bond acceptors (Lipinski definition) is 2. The Hall–Kier alpha value is 0.310. The average molecular weight is 274 g/mol. The molecule has 1 unspecified atom stereocenters. The fourth-order valence-electron chi connectivity index (χ4n) is 2.06. The summed E-state index contributed by atoms with van der Waals surface area (Å²) in [7, 11) is 0. The van der Waals surface area contributed by atoms with Gasteiger partial charge in [-0.2, -0.15) is 11.8 Å². The second-order valence-electron chi connectivity index (χ2n) is 5.56. The maximum atomic E-state index is 5.72. The fourth-order valence-corrected chi connectivity index (χ4v) is 3.21. The van der Waals surface area contributed by atoms with Gasteiger partial charge in [-0.05, 0) is 31.3 Å². The lowest BCUT2D eigenvalue weighted by atomic mass is 10.1. The quantitative estimate of drug-likeness (QED) is 0.430. The van der Waals surface area contributed by atoms with Gasteiger partial charge in [-0.3, -0.25) is 0 Å². The lowest BCUT2D eigenvalue weighted by molar-refractivity contribution is 0.563. The first-order valence-corrected chi connectivity index (χ1v) is 9.26. The number of hydrogen-bond donors (Lipinski definition) is 1. The Morgan fingerprint density at radius 1 is 0.778 bits per heavy atom. The summed E-state index contributed by atoms with van der Waals surface area (Å²) in [6, 6.07) is 0.380. The van der Waals surface area contributed by atoms with Crippen LogP contribution in [-0.4, -0.2) is 17.5 Å². The molecule has 0 aliphatic rings. The van der Waals surface area contributed by atoms with Crippen molar-refractivity contribution >= 4 is 11.8 Å². The summed E-state index contributed by atoms with van der Waals surface area (Å²) in [4.78, 5) is 0. The highest BCUT2D eigenvalue weighted by molar-refractivity contribution is 7.99. The van der Waals surface area contributed by atoms with Crippen molar-refractivity contribution in [1.29, 1.82) is 0 Å². The number of unbranched alkanes of at least 4 members (excludes halogenated alkanes) is 9. The minimum absolute atomic E-state index is 0.380. The van der Waals surface area contributed by atoms with E-state index in [9.17, 15) is 0 Å². The zero-order chi connectivity index (χ0) is 13.5. The third-order valence-corrected chi connectivity index (χ3v) is 4.46. The first kappa shape index (κ1) is 18.3. The Morgan fingerprint density at radius 2 is 1.28 bits per heavy atom. The van der Waals surface area contributed by atoms with E-state index in [-0.39, 0.29) is 0 Å². The molecule has 0 aromatic carbocycles. The van der Waals surface area contributed by atoms with Gasteiger partial charge in [0.1, 0.15) is 0 Å². The third kappa shape index (κ3) is 16.3. The molecule has 1 nitrogen and oxygen atoms in total. The van der Waals surface area contributed by atoms with Gasteiger partial charge in [0.25, 0.3) is 0 Å². The standard InChI is InChI=1S/C16H35NS/c1-3-4-5-6-7-8-9-10-11-12-14-18-15-13-16(2)17/h16H,3-15,17H2,1-2H3. The number of thioether (sulfide) groups is 1. The fraction of sp³-hybridized carbons (Fsp3) is 1.00. The molecule has 0 fully saturated rings. The first-order valence-electron chi connectivity index (χ1n) is 8.10. The molecule has 0 saturated carbocycles. The topological polar surface area (TPSA) is 26.0 Å². The summed E-state index contributed by atoms with van der Waals surface area (Å²) in [6.45, 7) is 4.38. The summed E-state index contributed by atoms with van der Waals surface area (Å²) in [5.74, 6) is 2.58. The van der Waals surface area contributed by atoms with Gasteiger partial charge in [-0.1, -0.05) is 64.7 Å². The van der Waals surface area contributed by atoms with Crippen molar-refractivity contribution < 1.29 is 0 Å². The maximum absolute atomic E-state index is 5.72. The monoisotopic (exact) mass is 273 g/mol. The molecule has 0 radical (unpaired) electrons. The summed E-state index contributed by atoms with van der Waals surface area (Å²) < 4.78 is 0. The summed E-state index contributed by atoms with van der Waals surface area (Å²) in [5.41, 5.74) is 5.72. The highest BCUT2D eigenvalue weighted by Crippen LogP contribution is 2.12. The zero-order valence-corrected chi connectivity index (χ0v) is 13.6. The van der Waals surface area contributed by atoms with Gasteiger partial charge in [0.2, 0.25) is 0 Å². The van der Waals surface area contributed by atoms with Crippen LogP contribution in [0.2, 0.25) is 0 Å². The smallest absolute Gasteiger partial charge is 0.00183 e. The number of rotatable bonds is 14. The van der Waals surface area contributed by atoms with E-state index in [1.54, 1.807) is 0 Å². The number of nitrogens with two attached hydrogens (primary N) is 1. The van der Waals surface area contributed by atoms with Crippen molar-refractivity contribution in [3.8, 4) is 0 Å². The van der Waals surface area contributed by atoms with Crippen LogP contribution in [-0.2, 0) is 0 Å². The van der Waals surface area contributed by atoms with Gasteiger partial charge >= 0.3 is 0 Å². The van der Waals surface area contributed by atoms with Crippen molar-refractivity contribution in [3.05, 3.63) is 0 Å². The molecule has 110 valence electrons. The van der Waals surface area contributed by atoms with Crippen LogP contribution in [0.25, 0.3) is 0 Å². The Morgan fingerprint density at radius 3 is 1.78 bits per heavy atom. The molecular weight excluding hydrogens is 238 g/mol. The minimum Gasteiger partial charge on any atom is -0.328 e. The average Bonchev–Trinajstić information content (AvgIpc) is 2.34. The van der Waals surface area contributed by atoms with Crippen LogP contribution < -0.4 is 5.73 Å². The second-order valence-corrected chi connectivity index (χ2v) is 6.79. The van der Waals surface area contributed by atoms with E-state index in [1.807, 2.05) is 0 Å². The van der Waals surface area contributed by atoms with Crippen molar-refractivity contribution in [2.24, 2.45) is 5.73 Å². The molecule has 0 aromatic heterocycles. The van der Waals surface area contributed by atoms with Crippen LogP contribution in [0.15, 0.2) is 0 Å². The predicted molar refractivity (Wildman–Crippen MR) is 87.4 cm³/mol. The minimum atomic E-state index is 0.380. The largest absolute Gasteiger partial charge is 0.328 e.